The van der Waals surface area contributed by atoms with Gasteiger partial charge in [-0.2, -0.15) is 0 Å². The fourth-order valence-corrected chi connectivity index (χ4v) is 2.33. The topological polar surface area (TPSA) is 43.1 Å². The average Bonchev–Trinajstić information content (AvgIpc) is 2.47. The first-order valence-electron chi connectivity index (χ1n) is 6.16. The molecule has 3 rings (SSSR count). The second kappa shape index (κ2) is 5.72. The first kappa shape index (κ1) is 13.9. The molecule has 1 heterocycles. The third-order valence-electron chi connectivity index (χ3n) is 2.88. The maximum absolute atomic E-state index is 11.9. The quantitative estimate of drug-likeness (QED) is 0.695. The van der Waals surface area contributed by atoms with Gasteiger partial charge in [0.2, 0.25) is 5.89 Å². The van der Waals surface area contributed by atoms with Crippen molar-refractivity contribution >= 4 is 45.2 Å². The molecule has 0 bridgehead atoms. The summed E-state index contributed by atoms with van der Waals surface area (Å²) in [4.78, 5) is 16.2. The van der Waals surface area contributed by atoms with Gasteiger partial charge in [0.15, 0.2) is 0 Å². The minimum Gasteiger partial charge on any atom is -0.402 e. The van der Waals surface area contributed by atoms with Crippen molar-refractivity contribution in [2.24, 2.45) is 0 Å². The average molecular weight is 318 g/mol. The summed E-state index contributed by atoms with van der Waals surface area (Å²) in [5, 5.41) is 1.26. The molecule has 3 nitrogen and oxygen atoms in total. The fourth-order valence-electron chi connectivity index (χ4n) is 1.93. The maximum Gasteiger partial charge on any atom is 0.347 e. The number of benzene rings is 2. The van der Waals surface area contributed by atoms with Gasteiger partial charge < -0.3 is 4.42 Å². The number of para-hydroxylation sites is 1. The minimum absolute atomic E-state index is 0.0837. The first-order chi connectivity index (χ1) is 10.1. The molecule has 0 saturated carbocycles. The van der Waals surface area contributed by atoms with Crippen molar-refractivity contribution < 1.29 is 4.42 Å². The lowest BCUT2D eigenvalue weighted by atomic mass is 10.2. The van der Waals surface area contributed by atoms with Gasteiger partial charge in [0.25, 0.3) is 0 Å². The number of fused-ring (bicyclic) bond motifs is 1. The van der Waals surface area contributed by atoms with Crippen LogP contribution < -0.4 is 5.63 Å². The van der Waals surface area contributed by atoms with Gasteiger partial charge >= 0.3 is 5.63 Å². The van der Waals surface area contributed by atoms with Crippen LogP contribution in [0.5, 0.6) is 0 Å². The van der Waals surface area contributed by atoms with E-state index in [0.29, 0.717) is 15.9 Å². The molecular formula is C16H9Cl2NO2. The van der Waals surface area contributed by atoms with E-state index in [9.17, 15) is 4.79 Å². The Balaban J connectivity index is 2.09. The lowest BCUT2D eigenvalue weighted by Crippen LogP contribution is -2.03. The van der Waals surface area contributed by atoms with Crippen molar-refractivity contribution in [1.29, 1.82) is 0 Å². The van der Waals surface area contributed by atoms with Gasteiger partial charge in [-0.3, -0.25) is 0 Å². The first-order valence-corrected chi connectivity index (χ1v) is 6.92. The zero-order valence-corrected chi connectivity index (χ0v) is 12.2. The highest BCUT2D eigenvalue weighted by Gasteiger charge is 2.09. The highest BCUT2D eigenvalue weighted by Crippen LogP contribution is 2.22. The minimum atomic E-state index is -0.465. The largest absolute Gasteiger partial charge is 0.402 e. The van der Waals surface area contributed by atoms with Gasteiger partial charge in [-0.25, -0.2) is 9.78 Å². The lowest BCUT2D eigenvalue weighted by Gasteiger charge is -2.01. The molecule has 0 atom stereocenters. The smallest absolute Gasteiger partial charge is 0.347 e. The van der Waals surface area contributed by atoms with Gasteiger partial charge in [0, 0.05) is 5.02 Å². The second-order valence-electron chi connectivity index (χ2n) is 4.37. The van der Waals surface area contributed by atoms with Gasteiger partial charge in [-0.1, -0.05) is 47.5 Å². The third kappa shape index (κ3) is 2.99. The summed E-state index contributed by atoms with van der Waals surface area (Å²) < 4.78 is 5.15. The fraction of sp³-hybridized carbons (Fsp3) is 0. The summed E-state index contributed by atoms with van der Waals surface area (Å²) in [7, 11) is 0. The van der Waals surface area contributed by atoms with Crippen LogP contribution in [0.15, 0.2) is 57.7 Å². The highest BCUT2D eigenvalue weighted by molar-refractivity contribution is 6.50. The molecule has 2 aromatic carbocycles. The van der Waals surface area contributed by atoms with Crippen molar-refractivity contribution in [1.82, 2.24) is 4.98 Å². The van der Waals surface area contributed by atoms with E-state index in [1.807, 2.05) is 12.1 Å². The lowest BCUT2D eigenvalue weighted by molar-refractivity contribution is 0.489. The Morgan fingerprint density at radius 2 is 1.95 bits per heavy atom. The third-order valence-corrected chi connectivity index (χ3v) is 3.39. The van der Waals surface area contributed by atoms with Crippen LogP contribution in [0.25, 0.3) is 22.0 Å². The predicted octanol–water partition coefficient (Wildman–Crippen LogP) is 4.58. The van der Waals surface area contributed by atoms with Crippen LogP contribution in [0.2, 0.25) is 5.02 Å². The van der Waals surface area contributed by atoms with Crippen LogP contribution in [0, 0.1) is 0 Å². The second-order valence-corrected chi connectivity index (χ2v) is 5.21. The number of nitrogens with zero attached hydrogens (tertiary/aromatic N) is 1. The molecule has 0 fully saturated rings. The van der Waals surface area contributed by atoms with E-state index in [4.69, 9.17) is 27.6 Å². The van der Waals surface area contributed by atoms with Gasteiger partial charge in [0.05, 0.1) is 10.9 Å². The van der Waals surface area contributed by atoms with Gasteiger partial charge in [-0.15, -0.1) is 0 Å². The van der Waals surface area contributed by atoms with Crippen LogP contribution in [0.4, 0.5) is 0 Å². The Kier molecular flexibility index (Phi) is 3.78. The molecule has 104 valence electrons. The molecule has 0 unspecified atom stereocenters. The summed E-state index contributed by atoms with van der Waals surface area (Å²) in [6.07, 6.45) is 1.65. The number of rotatable bonds is 2. The SMILES string of the molecule is O=c1oc(/C(Cl)=C/c2cccc(Cl)c2)nc2ccccc12. The van der Waals surface area contributed by atoms with Crippen LogP contribution in [-0.4, -0.2) is 4.98 Å². The zero-order valence-electron chi connectivity index (χ0n) is 10.7. The zero-order chi connectivity index (χ0) is 14.8. The molecule has 21 heavy (non-hydrogen) atoms. The summed E-state index contributed by atoms with van der Waals surface area (Å²) in [6, 6.07) is 14.1. The van der Waals surface area contributed by atoms with Crippen molar-refractivity contribution in [3.8, 4) is 0 Å². The monoisotopic (exact) mass is 317 g/mol. The molecule has 0 aliphatic carbocycles. The van der Waals surface area contributed by atoms with Crippen LogP contribution in [0.1, 0.15) is 11.5 Å². The van der Waals surface area contributed by atoms with Crippen molar-refractivity contribution in [2.75, 3.05) is 0 Å². The molecule has 3 aromatic rings. The normalized spacial score (nSPS) is 11.8. The van der Waals surface area contributed by atoms with Gasteiger partial charge in [-0.05, 0) is 35.9 Å². The van der Waals surface area contributed by atoms with E-state index >= 15 is 0 Å². The Labute approximate surface area is 130 Å². The van der Waals surface area contributed by atoms with Crippen LogP contribution in [0.3, 0.4) is 0 Å². The molecule has 0 aliphatic heterocycles. The molecule has 0 amide bonds. The number of hydrogen-bond donors (Lipinski definition) is 0. The Morgan fingerprint density at radius 3 is 2.76 bits per heavy atom. The molecular weight excluding hydrogens is 309 g/mol. The summed E-state index contributed by atoms with van der Waals surface area (Å²) in [5.41, 5.74) is 0.875. The maximum atomic E-state index is 11.9. The standard InChI is InChI=1S/C16H9Cl2NO2/c17-11-5-3-4-10(8-11)9-13(18)15-19-14-7-2-1-6-12(14)16(20)21-15/h1-9H/b13-9-. The Bertz CT molecular complexity index is 900. The van der Waals surface area contributed by atoms with E-state index in [-0.39, 0.29) is 10.9 Å². The van der Waals surface area contributed by atoms with Crippen LogP contribution in [-0.2, 0) is 0 Å². The molecule has 0 aliphatic rings. The van der Waals surface area contributed by atoms with E-state index in [1.54, 1.807) is 42.5 Å². The van der Waals surface area contributed by atoms with Crippen molar-refractivity contribution in [3.05, 3.63) is 75.4 Å². The Hall–Kier alpha value is -2.10. The predicted molar refractivity (Wildman–Crippen MR) is 85.5 cm³/mol. The van der Waals surface area contributed by atoms with E-state index in [1.165, 1.54) is 0 Å². The number of aromatic nitrogens is 1. The van der Waals surface area contributed by atoms with E-state index in [2.05, 4.69) is 4.98 Å². The van der Waals surface area contributed by atoms with E-state index < -0.39 is 5.63 Å². The van der Waals surface area contributed by atoms with Crippen LogP contribution >= 0.6 is 23.2 Å². The number of halogens is 2. The highest BCUT2D eigenvalue weighted by atomic mass is 35.5. The van der Waals surface area contributed by atoms with Gasteiger partial charge in [0.1, 0.15) is 5.03 Å². The van der Waals surface area contributed by atoms with Crippen molar-refractivity contribution in [2.45, 2.75) is 0 Å². The van der Waals surface area contributed by atoms with Crippen molar-refractivity contribution in [3.63, 3.8) is 0 Å². The summed E-state index contributed by atoms with van der Waals surface area (Å²) in [5.74, 6) is 0.0837. The molecule has 0 saturated heterocycles. The summed E-state index contributed by atoms with van der Waals surface area (Å²) in [6.45, 7) is 0. The molecule has 1 aromatic heterocycles. The molecule has 5 heteroatoms. The summed E-state index contributed by atoms with van der Waals surface area (Å²) >= 11 is 12.1. The Morgan fingerprint density at radius 1 is 1.14 bits per heavy atom. The number of hydrogen-bond acceptors (Lipinski definition) is 3. The molecule has 0 N–H and O–H groups in total. The molecule has 0 radical (unpaired) electrons. The molecule has 0 spiro atoms. The van der Waals surface area contributed by atoms with E-state index in [0.717, 1.165) is 5.56 Å².